The summed E-state index contributed by atoms with van der Waals surface area (Å²) in [6.07, 6.45) is 2.15. The average molecular weight is 402 g/mol. The number of nitrogens with zero attached hydrogens (tertiary/aromatic N) is 5. The van der Waals surface area contributed by atoms with Crippen molar-refractivity contribution in [3.8, 4) is 5.69 Å². The molecule has 146 valence electrons. The van der Waals surface area contributed by atoms with Gasteiger partial charge in [-0.2, -0.15) is 4.98 Å². The highest BCUT2D eigenvalue weighted by molar-refractivity contribution is 6.30. The van der Waals surface area contributed by atoms with Gasteiger partial charge in [0.25, 0.3) is 5.56 Å². The third-order valence-electron chi connectivity index (χ3n) is 4.98. The normalized spacial score (nSPS) is 11.8. The molecule has 0 amide bonds. The first-order valence-electron chi connectivity index (χ1n) is 8.92. The van der Waals surface area contributed by atoms with Gasteiger partial charge in [0.05, 0.1) is 5.69 Å². The minimum absolute atomic E-state index is 0.0982. The molecular weight excluding hydrogens is 382 g/mol. The van der Waals surface area contributed by atoms with E-state index >= 15 is 0 Å². The molecule has 3 heterocycles. The maximum absolute atomic E-state index is 13.0. The highest BCUT2D eigenvalue weighted by atomic mass is 35.5. The standard InChI is InChI=1S/C19H20ClN5O3/c1-11-5-6-13(20)9-14(11)25-12(2)10-24-15-16(21-18(24)25)22(3)19(28)23(17(15)27)7-4-8-26/h5-6,9-10,26H,4,7-8H2,1-3H3. The summed E-state index contributed by atoms with van der Waals surface area (Å²) in [4.78, 5) is 30.2. The van der Waals surface area contributed by atoms with E-state index in [2.05, 4.69) is 4.98 Å². The largest absolute Gasteiger partial charge is 0.396 e. The van der Waals surface area contributed by atoms with E-state index < -0.39 is 11.2 Å². The molecule has 1 N–H and O–H groups in total. The molecule has 4 rings (SSSR count). The van der Waals surface area contributed by atoms with E-state index in [1.807, 2.05) is 42.8 Å². The molecule has 0 saturated carbocycles. The van der Waals surface area contributed by atoms with Crippen molar-refractivity contribution in [2.75, 3.05) is 6.61 Å². The van der Waals surface area contributed by atoms with Crippen molar-refractivity contribution in [2.45, 2.75) is 26.8 Å². The van der Waals surface area contributed by atoms with E-state index in [0.717, 1.165) is 21.5 Å². The quantitative estimate of drug-likeness (QED) is 0.565. The van der Waals surface area contributed by atoms with Gasteiger partial charge in [-0.05, 0) is 38.0 Å². The van der Waals surface area contributed by atoms with Crippen LogP contribution < -0.4 is 11.2 Å². The maximum Gasteiger partial charge on any atom is 0.332 e. The zero-order chi connectivity index (χ0) is 20.2. The molecule has 4 aromatic rings. The molecule has 0 aliphatic heterocycles. The molecular formula is C19H20ClN5O3. The minimum Gasteiger partial charge on any atom is -0.396 e. The summed E-state index contributed by atoms with van der Waals surface area (Å²) >= 11 is 6.20. The number of aliphatic hydroxyl groups is 1. The van der Waals surface area contributed by atoms with E-state index in [1.165, 1.54) is 4.57 Å². The number of aliphatic hydroxyl groups excluding tert-OH is 1. The number of benzene rings is 1. The molecule has 3 aromatic heterocycles. The van der Waals surface area contributed by atoms with E-state index in [-0.39, 0.29) is 13.2 Å². The Hall–Kier alpha value is -2.84. The lowest BCUT2D eigenvalue weighted by molar-refractivity contribution is 0.277. The molecule has 0 fully saturated rings. The Morgan fingerprint density at radius 3 is 2.68 bits per heavy atom. The van der Waals surface area contributed by atoms with E-state index in [0.29, 0.717) is 28.4 Å². The fourth-order valence-corrected chi connectivity index (χ4v) is 3.72. The van der Waals surface area contributed by atoms with Crippen LogP contribution in [-0.4, -0.2) is 34.8 Å². The van der Waals surface area contributed by atoms with Crippen molar-refractivity contribution in [3.63, 3.8) is 0 Å². The van der Waals surface area contributed by atoms with Gasteiger partial charge in [-0.3, -0.25) is 22.9 Å². The Labute approximate surface area is 164 Å². The lowest BCUT2D eigenvalue weighted by Gasteiger charge is -2.10. The lowest BCUT2D eigenvalue weighted by Crippen LogP contribution is -2.39. The molecule has 9 heteroatoms. The van der Waals surface area contributed by atoms with Crippen molar-refractivity contribution in [2.24, 2.45) is 7.05 Å². The van der Waals surface area contributed by atoms with Crippen LogP contribution in [0, 0.1) is 13.8 Å². The van der Waals surface area contributed by atoms with Gasteiger partial charge in [0, 0.05) is 37.1 Å². The molecule has 1 aromatic carbocycles. The summed E-state index contributed by atoms with van der Waals surface area (Å²) in [6, 6.07) is 5.59. The topological polar surface area (TPSA) is 86.5 Å². The summed E-state index contributed by atoms with van der Waals surface area (Å²) < 4.78 is 6.14. The van der Waals surface area contributed by atoms with Crippen molar-refractivity contribution in [1.82, 2.24) is 23.1 Å². The van der Waals surface area contributed by atoms with Crippen molar-refractivity contribution >= 4 is 28.5 Å². The molecule has 0 saturated heterocycles. The summed E-state index contributed by atoms with van der Waals surface area (Å²) in [5, 5.41) is 9.68. The molecule has 0 aliphatic carbocycles. The van der Waals surface area contributed by atoms with Crippen molar-refractivity contribution in [1.29, 1.82) is 0 Å². The van der Waals surface area contributed by atoms with E-state index in [9.17, 15) is 9.59 Å². The third kappa shape index (κ3) is 2.60. The first kappa shape index (κ1) is 18.5. The van der Waals surface area contributed by atoms with Crippen LogP contribution >= 0.6 is 11.6 Å². The van der Waals surface area contributed by atoms with Crippen LogP contribution in [0.3, 0.4) is 0 Å². The first-order chi connectivity index (χ1) is 13.3. The van der Waals surface area contributed by atoms with Crippen LogP contribution in [0.4, 0.5) is 0 Å². The number of halogens is 1. The van der Waals surface area contributed by atoms with Gasteiger partial charge in [0.2, 0.25) is 5.78 Å². The monoisotopic (exact) mass is 401 g/mol. The smallest absolute Gasteiger partial charge is 0.332 e. The number of hydrogen-bond donors (Lipinski definition) is 1. The minimum atomic E-state index is -0.450. The van der Waals surface area contributed by atoms with Gasteiger partial charge in [-0.15, -0.1) is 0 Å². The average Bonchev–Trinajstić information content (AvgIpc) is 3.17. The van der Waals surface area contributed by atoms with Gasteiger partial charge in [0.1, 0.15) is 0 Å². The molecule has 0 atom stereocenters. The number of fused-ring (bicyclic) bond motifs is 3. The highest BCUT2D eigenvalue weighted by Gasteiger charge is 2.21. The third-order valence-corrected chi connectivity index (χ3v) is 5.21. The zero-order valence-corrected chi connectivity index (χ0v) is 16.6. The second-order valence-electron chi connectivity index (χ2n) is 6.87. The van der Waals surface area contributed by atoms with Gasteiger partial charge in [-0.25, -0.2) is 4.79 Å². The Bertz CT molecular complexity index is 1340. The van der Waals surface area contributed by atoms with Crippen molar-refractivity contribution in [3.05, 3.63) is 61.5 Å². The number of aryl methyl sites for hydroxylation is 3. The van der Waals surface area contributed by atoms with Crippen LogP contribution in [-0.2, 0) is 13.6 Å². The Balaban J connectivity index is 2.11. The number of rotatable bonds is 4. The summed E-state index contributed by atoms with van der Waals surface area (Å²) in [7, 11) is 1.59. The maximum atomic E-state index is 13.0. The van der Waals surface area contributed by atoms with Crippen LogP contribution in [0.1, 0.15) is 17.7 Å². The van der Waals surface area contributed by atoms with Gasteiger partial charge < -0.3 is 5.11 Å². The highest BCUT2D eigenvalue weighted by Crippen LogP contribution is 2.25. The van der Waals surface area contributed by atoms with Crippen LogP contribution in [0.15, 0.2) is 34.0 Å². The van der Waals surface area contributed by atoms with Gasteiger partial charge in [-0.1, -0.05) is 17.7 Å². The molecule has 0 aliphatic rings. The first-order valence-corrected chi connectivity index (χ1v) is 9.30. The molecule has 0 radical (unpaired) electrons. The van der Waals surface area contributed by atoms with Crippen LogP contribution in [0.5, 0.6) is 0 Å². The number of imidazole rings is 2. The summed E-state index contributed by atoms with van der Waals surface area (Å²) in [5.41, 5.74) is 2.53. The lowest BCUT2D eigenvalue weighted by atomic mass is 10.2. The molecule has 0 spiro atoms. The van der Waals surface area contributed by atoms with Gasteiger partial charge in [0.15, 0.2) is 11.2 Å². The number of hydrogen-bond acceptors (Lipinski definition) is 4. The number of aromatic nitrogens is 5. The summed E-state index contributed by atoms with van der Waals surface area (Å²) in [6.45, 7) is 3.95. The van der Waals surface area contributed by atoms with Gasteiger partial charge >= 0.3 is 5.69 Å². The molecule has 8 nitrogen and oxygen atoms in total. The fourth-order valence-electron chi connectivity index (χ4n) is 3.56. The zero-order valence-electron chi connectivity index (χ0n) is 15.8. The van der Waals surface area contributed by atoms with Crippen LogP contribution in [0.2, 0.25) is 5.02 Å². The molecule has 28 heavy (non-hydrogen) atoms. The van der Waals surface area contributed by atoms with E-state index in [1.54, 1.807) is 11.4 Å². The van der Waals surface area contributed by atoms with Crippen LogP contribution in [0.25, 0.3) is 22.6 Å². The van der Waals surface area contributed by atoms with E-state index in [4.69, 9.17) is 16.7 Å². The Morgan fingerprint density at radius 1 is 1.21 bits per heavy atom. The Kier molecular flexibility index (Phi) is 4.40. The second kappa shape index (κ2) is 6.65. The fraction of sp³-hybridized carbons (Fsp3) is 0.316. The molecule has 0 bridgehead atoms. The second-order valence-corrected chi connectivity index (χ2v) is 7.30. The predicted octanol–water partition coefficient (Wildman–Crippen LogP) is 1.79. The SMILES string of the molecule is Cc1ccc(Cl)cc1-n1c(C)cn2c3c(=O)n(CCCO)c(=O)n(C)c3nc12. The predicted molar refractivity (Wildman–Crippen MR) is 108 cm³/mol. The molecule has 0 unspecified atom stereocenters. The Morgan fingerprint density at radius 2 is 1.96 bits per heavy atom. The summed E-state index contributed by atoms with van der Waals surface area (Å²) in [5.74, 6) is 0.532. The van der Waals surface area contributed by atoms with Crippen molar-refractivity contribution < 1.29 is 5.11 Å².